The van der Waals surface area contributed by atoms with Crippen molar-refractivity contribution in [2.75, 3.05) is 0 Å². The zero-order chi connectivity index (χ0) is 9.10. The largest absolute Gasteiger partial charge is 0.324 e. The lowest BCUT2D eigenvalue weighted by molar-refractivity contribution is 0.572. The molecular weight excluding hydrogens is 162 g/mol. The van der Waals surface area contributed by atoms with Crippen LogP contribution in [0.2, 0.25) is 0 Å². The van der Waals surface area contributed by atoms with Gasteiger partial charge in [-0.25, -0.2) is 9.97 Å². The third-order valence-electron chi connectivity index (χ3n) is 2.59. The van der Waals surface area contributed by atoms with E-state index in [0.717, 1.165) is 17.9 Å². The topological polar surface area (TPSA) is 51.8 Å². The third kappa shape index (κ3) is 2.49. The van der Waals surface area contributed by atoms with E-state index in [0.29, 0.717) is 0 Å². The van der Waals surface area contributed by atoms with Gasteiger partial charge in [-0.15, -0.1) is 0 Å². The van der Waals surface area contributed by atoms with E-state index in [1.807, 2.05) is 12.4 Å². The molecule has 2 N–H and O–H groups in total. The molecular formula is C10H15N3. The van der Waals surface area contributed by atoms with Gasteiger partial charge >= 0.3 is 0 Å². The Balaban J connectivity index is 1.85. The lowest BCUT2D eigenvalue weighted by Crippen LogP contribution is -2.10. The molecule has 1 atom stereocenters. The lowest BCUT2D eigenvalue weighted by Gasteiger charge is -2.09. The molecule has 1 saturated carbocycles. The molecule has 1 heterocycles. The summed E-state index contributed by atoms with van der Waals surface area (Å²) in [5.74, 6) is 0.954. The first kappa shape index (κ1) is 8.63. The minimum atomic E-state index is 0.127. The second-order valence-electron chi connectivity index (χ2n) is 3.80. The Labute approximate surface area is 78.4 Å². The molecule has 0 aliphatic heterocycles. The molecule has 3 heteroatoms. The van der Waals surface area contributed by atoms with Crippen LogP contribution < -0.4 is 5.73 Å². The van der Waals surface area contributed by atoms with Crippen LogP contribution in [0.1, 0.15) is 37.3 Å². The van der Waals surface area contributed by atoms with Gasteiger partial charge in [-0.1, -0.05) is 12.8 Å². The highest BCUT2D eigenvalue weighted by molar-refractivity contribution is 5.08. The summed E-state index contributed by atoms with van der Waals surface area (Å²) in [5, 5.41) is 0. The first-order valence-electron chi connectivity index (χ1n) is 4.87. The molecule has 0 bridgehead atoms. The Kier molecular flexibility index (Phi) is 2.54. The fourth-order valence-corrected chi connectivity index (χ4v) is 1.49. The maximum Gasteiger partial charge on any atom is 0.115 e. The fraction of sp³-hybridized carbons (Fsp3) is 0.600. The van der Waals surface area contributed by atoms with Crippen LogP contribution in [-0.4, -0.2) is 9.97 Å². The summed E-state index contributed by atoms with van der Waals surface area (Å²) in [4.78, 5) is 7.91. The van der Waals surface area contributed by atoms with E-state index in [1.165, 1.54) is 25.6 Å². The summed E-state index contributed by atoms with van der Waals surface area (Å²) in [6.45, 7) is 0. The van der Waals surface area contributed by atoms with Crippen molar-refractivity contribution in [3.05, 3.63) is 24.3 Å². The zero-order valence-electron chi connectivity index (χ0n) is 7.69. The van der Waals surface area contributed by atoms with Gasteiger partial charge in [0.25, 0.3) is 0 Å². The molecule has 1 fully saturated rings. The summed E-state index contributed by atoms with van der Waals surface area (Å²) < 4.78 is 0. The number of nitrogens with two attached hydrogens (primary N) is 1. The molecule has 1 aliphatic carbocycles. The Hall–Kier alpha value is -0.960. The minimum Gasteiger partial charge on any atom is -0.324 e. The van der Waals surface area contributed by atoms with Crippen molar-refractivity contribution in [2.24, 2.45) is 11.7 Å². The van der Waals surface area contributed by atoms with Crippen LogP contribution in [0.15, 0.2) is 18.7 Å². The van der Waals surface area contributed by atoms with E-state index in [2.05, 4.69) is 9.97 Å². The Bertz CT molecular complexity index is 256. The summed E-state index contributed by atoms with van der Waals surface area (Å²) in [6, 6.07) is 0.127. The van der Waals surface area contributed by atoms with Crippen LogP contribution >= 0.6 is 0 Å². The van der Waals surface area contributed by atoms with Gasteiger partial charge in [-0.3, -0.25) is 0 Å². The van der Waals surface area contributed by atoms with Gasteiger partial charge in [0.15, 0.2) is 0 Å². The SMILES string of the molecule is NC(CCC1CC1)c1cncnc1. The van der Waals surface area contributed by atoms with Crippen LogP contribution in [0.3, 0.4) is 0 Å². The molecule has 1 aromatic heterocycles. The third-order valence-corrected chi connectivity index (χ3v) is 2.59. The molecule has 3 nitrogen and oxygen atoms in total. The van der Waals surface area contributed by atoms with E-state index in [-0.39, 0.29) is 6.04 Å². The molecule has 13 heavy (non-hydrogen) atoms. The van der Waals surface area contributed by atoms with Crippen molar-refractivity contribution in [1.82, 2.24) is 9.97 Å². The molecule has 1 aromatic rings. The normalized spacial score (nSPS) is 18.5. The van der Waals surface area contributed by atoms with Crippen molar-refractivity contribution in [3.8, 4) is 0 Å². The van der Waals surface area contributed by atoms with E-state index < -0.39 is 0 Å². The maximum atomic E-state index is 5.99. The van der Waals surface area contributed by atoms with Crippen LogP contribution in [-0.2, 0) is 0 Å². The van der Waals surface area contributed by atoms with Crippen LogP contribution in [0.4, 0.5) is 0 Å². The van der Waals surface area contributed by atoms with Crippen LogP contribution in [0.25, 0.3) is 0 Å². The summed E-state index contributed by atoms with van der Waals surface area (Å²) >= 11 is 0. The second-order valence-corrected chi connectivity index (χ2v) is 3.80. The predicted molar refractivity (Wildman–Crippen MR) is 50.9 cm³/mol. The average molecular weight is 177 g/mol. The summed E-state index contributed by atoms with van der Waals surface area (Å²) in [5.41, 5.74) is 7.05. The minimum absolute atomic E-state index is 0.127. The second kappa shape index (κ2) is 3.83. The molecule has 1 unspecified atom stereocenters. The molecule has 0 aromatic carbocycles. The van der Waals surface area contributed by atoms with Crippen molar-refractivity contribution in [2.45, 2.75) is 31.7 Å². The van der Waals surface area contributed by atoms with Gasteiger partial charge in [0, 0.05) is 24.0 Å². The van der Waals surface area contributed by atoms with Gasteiger partial charge < -0.3 is 5.73 Å². The number of aromatic nitrogens is 2. The summed E-state index contributed by atoms with van der Waals surface area (Å²) in [6.07, 6.45) is 10.3. The number of hydrogen-bond acceptors (Lipinski definition) is 3. The van der Waals surface area contributed by atoms with Gasteiger partial charge in [-0.05, 0) is 18.8 Å². The molecule has 1 aliphatic rings. The fourth-order valence-electron chi connectivity index (χ4n) is 1.49. The molecule has 0 radical (unpaired) electrons. The molecule has 2 rings (SSSR count). The Morgan fingerprint density at radius 1 is 1.38 bits per heavy atom. The van der Waals surface area contributed by atoms with Crippen molar-refractivity contribution >= 4 is 0 Å². The predicted octanol–water partition coefficient (Wildman–Crippen LogP) is 1.67. The Morgan fingerprint density at radius 3 is 2.69 bits per heavy atom. The highest BCUT2D eigenvalue weighted by Gasteiger charge is 2.21. The molecule has 0 spiro atoms. The molecule has 70 valence electrons. The van der Waals surface area contributed by atoms with E-state index in [9.17, 15) is 0 Å². The van der Waals surface area contributed by atoms with E-state index in [1.54, 1.807) is 0 Å². The molecule has 0 saturated heterocycles. The smallest absolute Gasteiger partial charge is 0.115 e. The van der Waals surface area contributed by atoms with Gasteiger partial charge in [0.1, 0.15) is 6.33 Å². The van der Waals surface area contributed by atoms with Crippen LogP contribution in [0, 0.1) is 5.92 Å². The van der Waals surface area contributed by atoms with Gasteiger partial charge in [0.2, 0.25) is 0 Å². The van der Waals surface area contributed by atoms with Crippen molar-refractivity contribution in [1.29, 1.82) is 0 Å². The van der Waals surface area contributed by atoms with Gasteiger partial charge in [0.05, 0.1) is 0 Å². The van der Waals surface area contributed by atoms with Gasteiger partial charge in [-0.2, -0.15) is 0 Å². The van der Waals surface area contributed by atoms with E-state index >= 15 is 0 Å². The van der Waals surface area contributed by atoms with Crippen molar-refractivity contribution in [3.63, 3.8) is 0 Å². The highest BCUT2D eigenvalue weighted by atomic mass is 14.8. The highest BCUT2D eigenvalue weighted by Crippen LogP contribution is 2.35. The lowest BCUT2D eigenvalue weighted by atomic mass is 10.0. The molecule has 0 amide bonds. The average Bonchev–Trinajstić information content (AvgIpc) is 2.99. The van der Waals surface area contributed by atoms with Crippen molar-refractivity contribution < 1.29 is 0 Å². The zero-order valence-corrected chi connectivity index (χ0v) is 7.69. The quantitative estimate of drug-likeness (QED) is 0.761. The Morgan fingerprint density at radius 2 is 2.08 bits per heavy atom. The van der Waals surface area contributed by atoms with E-state index in [4.69, 9.17) is 5.73 Å². The first-order chi connectivity index (χ1) is 6.36. The summed E-state index contributed by atoms with van der Waals surface area (Å²) in [7, 11) is 0. The maximum absolute atomic E-state index is 5.99. The first-order valence-corrected chi connectivity index (χ1v) is 4.87. The number of hydrogen-bond donors (Lipinski definition) is 1. The standard InChI is InChI=1S/C10H15N3/c11-10(4-3-8-1-2-8)9-5-12-7-13-6-9/h5-8,10H,1-4,11H2. The number of nitrogens with zero attached hydrogens (tertiary/aromatic N) is 2. The van der Waals surface area contributed by atoms with Crippen LogP contribution in [0.5, 0.6) is 0 Å². The monoisotopic (exact) mass is 177 g/mol. The number of rotatable bonds is 4.